The number of carbonyl (C=O) groups excluding carboxylic acids is 1. The van der Waals surface area contributed by atoms with Gasteiger partial charge in [-0.1, -0.05) is 11.6 Å². The number of aromatic nitrogens is 2. The number of carbonyl (C=O) groups is 1. The number of anilines is 1. The van der Waals surface area contributed by atoms with Gasteiger partial charge in [0.15, 0.2) is 21.3 Å². The number of hydrogen-bond acceptors (Lipinski definition) is 6. The van der Waals surface area contributed by atoms with Crippen molar-refractivity contribution in [1.29, 1.82) is 0 Å². The van der Waals surface area contributed by atoms with E-state index in [0.717, 1.165) is 5.69 Å². The molecule has 28 heavy (non-hydrogen) atoms. The van der Waals surface area contributed by atoms with Crippen LogP contribution >= 0.6 is 11.6 Å². The summed E-state index contributed by atoms with van der Waals surface area (Å²) in [7, 11) is -3.03. The topological polar surface area (TPSA) is 99.5 Å². The van der Waals surface area contributed by atoms with E-state index in [1.54, 1.807) is 17.7 Å². The summed E-state index contributed by atoms with van der Waals surface area (Å²) in [6.45, 7) is 4.40. The number of fused-ring (bicyclic) bond motifs is 1. The number of rotatable bonds is 3. The van der Waals surface area contributed by atoms with Gasteiger partial charge in [-0.3, -0.25) is 9.48 Å². The minimum Gasteiger partial charge on any atom is -0.486 e. The molecule has 1 aromatic carbocycles. The van der Waals surface area contributed by atoms with Gasteiger partial charge in [-0.05, 0) is 32.4 Å². The van der Waals surface area contributed by atoms with Gasteiger partial charge in [0.1, 0.15) is 13.2 Å². The molecular formula is C18H20ClN3O5S. The molecule has 2 aliphatic rings. The lowest BCUT2D eigenvalue weighted by molar-refractivity contribution is 0.102. The third-order valence-corrected chi connectivity index (χ3v) is 7.01. The van der Waals surface area contributed by atoms with Crippen molar-refractivity contribution in [2.45, 2.75) is 26.3 Å². The first-order valence-corrected chi connectivity index (χ1v) is 11.1. The molecule has 4 rings (SSSR count). The fourth-order valence-electron chi connectivity index (χ4n) is 3.60. The Kier molecular flexibility index (Phi) is 4.75. The summed E-state index contributed by atoms with van der Waals surface area (Å²) in [5.74, 6) is 0.744. The van der Waals surface area contributed by atoms with Crippen LogP contribution in [-0.4, -0.2) is 48.8 Å². The fraction of sp³-hybridized carbons (Fsp3) is 0.444. The number of nitrogens with zero attached hydrogens (tertiary/aromatic N) is 2. The number of hydrogen-bond donors (Lipinski definition) is 1. The van der Waals surface area contributed by atoms with Crippen molar-refractivity contribution in [1.82, 2.24) is 9.78 Å². The van der Waals surface area contributed by atoms with Gasteiger partial charge in [0, 0.05) is 5.56 Å². The zero-order valence-corrected chi connectivity index (χ0v) is 17.1. The number of amides is 1. The molecule has 0 spiro atoms. The molecule has 0 radical (unpaired) electrons. The lowest BCUT2D eigenvalue weighted by atomic mass is 10.1. The molecule has 1 amide bonds. The van der Waals surface area contributed by atoms with E-state index in [0.29, 0.717) is 53.1 Å². The van der Waals surface area contributed by atoms with Crippen LogP contribution in [0.2, 0.25) is 5.02 Å². The van der Waals surface area contributed by atoms with E-state index in [-0.39, 0.29) is 23.5 Å². The summed E-state index contributed by atoms with van der Waals surface area (Å²) in [6.07, 6.45) is 0.523. The smallest absolute Gasteiger partial charge is 0.255 e. The van der Waals surface area contributed by atoms with Crippen molar-refractivity contribution >= 4 is 33.0 Å². The number of ether oxygens (including phenoxy) is 2. The first-order chi connectivity index (χ1) is 13.2. The second-order valence-electron chi connectivity index (χ2n) is 6.98. The molecule has 2 aliphatic heterocycles. The summed E-state index contributed by atoms with van der Waals surface area (Å²) < 4.78 is 36.3. The molecular weight excluding hydrogens is 406 g/mol. The molecule has 1 unspecified atom stereocenters. The highest BCUT2D eigenvalue weighted by molar-refractivity contribution is 7.91. The molecule has 2 aromatic rings. The van der Waals surface area contributed by atoms with Crippen LogP contribution < -0.4 is 14.8 Å². The van der Waals surface area contributed by atoms with Gasteiger partial charge in [-0.15, -0.1) is 0 Å². The fourth-order valence-corrected chi connectivity index (χ4v) is 5.55. The first kappa shape index (κ1) is 19.1. The zero-order chi connectivity index (χ0) is 20.1. The lowest BCUT2D eigenvalue weighted by Gasteiger charge is -2.20. The Bertz CT molecular complexity index is 1060. The Morgan fingerprint density at radius 3 is 2.75 bits per heavy atom. The van der Waals surface area contributed by atoms with Crippen LogP contribution in [0.3, 0.4) is 0 Å². The monoisotopic (exact) mass is 425 g/mol. The summed E-state index contributed by atoms with van der Waals surface area (Å²) >= 11 is 6.22. The van der Waals surface area contributed by atoms with Crippen molar-refractivity contribution in [3.8, 4) is 11.5 Å². The highest BCUT2D eigenvalue weighted by Crippen LogP contribution is 2.38. The van der Waals surface area contributed by atoms with Crippen molar-refractivity contribution in [3.05, 3.63) is 34.1 Å². The lowest BCUT2D eigenvalue weighted by Crippen LogP contribution is -2.18. The molecule has 150 valence electrons. The third-order valence-electron chi connectivity index (χ3n) is 4.98. The highest BCUT2D eigenvalue weighted by atomic mass is 35.5. The zero-order valence-electron chi connectivity index (χ0n) is 15.5. The van der Waals surface area contributed by atoms with Crippen molar-refractivity contribution in [2.24, 2.45) is 0 Å². The normalized spacial score (nSPS) is 20.2. The molecule has 1 fully saturated rings. The van der Waals surface area contributed by atoms with Crippen LogP contribution in [0.15, 0.2) is 12.1 Å². The van der Waals surface area contributed by atoms with Crippen LogP contribution in [0.4, 0.5) is 5.69 Å². The number of aryl methyl sites for hydroxylation is 1. The summed E-state index contributed by atoms with van der Waals surface area (Å²) in [4.78, 5) is 12.8. The molecule has 0 aliphatic carbocycles. The van der Waals surface area contributed by atoms with Crippen molar-refractivity contribution in [3.63, 3.8) is 0 Å². The van der Waals surface area contributed by atoms with Crippen LogP contribution in [-0.2, 0) is 9.84 Å². The minimum absolute atomic E-state index is 0.0696. The molecule has 0 saturated carbocycles. The predicted molar refractivity (Wildman–Crippen MR) is 104 cm³/mol. The van der Waals surface area contributed by atoms with Gasteiger partial charge in [-0.2, -0.15) is 5.10 Å². The third kappa shape index (κ3) is 3.44. The van der Waals surface area contributed by atoms with Crippen LogP contribution in [0.25, 0.3) is 0 Å². The molecule has 1 N–H and O–H groups in total. The second-order valence-corrected chi connectivity index (χ2v) is 9.62. The van der Waals surface area contributed by atoms with Crippen LogP contribution in [0.5, 0.6) is 11.5 Å². The van der Waals surface area contributed by atoms with Gasteiger partial charge in [-0.25, -0.2) is 8.42 Å². The molecule has 1 aromatic heterocycles. The average Bonchev–Trinajstić information content (AvgIpc) is 3.15. The van der Waals surface area contributed by atoms with Crippen LogP contribution in [0, 0.1) is 13.8 Å². The maximum atomic E-state index is 12.8. The summed E-state index contributed by atoms with van der Waals surface area (Å²) in [6, 6.07) is 2.91. The predicted octanol–water partition coefficient (Wildman–Crippen LogP) is 2.54. The summed E-state index contributed by atoms with van der Waals surface area (Å²) in [5.41, 5.74) is 2.25. The molecule has 1 saturated heterocycles. The van der Waals surface area contributed by atoms with Gasteiger partial charge in [0.05, 0.1) is 39.6 Å². The summed E-state index contributed by atoms with van der Waals surface area (Å²) in [5, 5.41) is 7.63. The van der Waals surface area contributed by atoms with Gasteiger partial charge < -0.3 is 14.8 Å². The first-order valence-electron chi connectivity index (χ1n) is 8.92. The molecule has 3 heterocycles. The Morgan fingerprint density at radius 1 is 1.29 bits per heavy atom. The van der Waals surface area contributed by atoms with E-state index in [2.05, 4.69) is 10.4 Å². The van der Waals surface area contributed by atoms with E-state index in [1.807, 2.05) is 6.92 Å². The van der Waals surface area contributed by atoms with E-state index in [1.165, 1.54) is 6.07 Å². The molecule has 8 nitrogen and oxygen atoms in total. The SMILES string of the molecule is Cc1nn(C2CCS(=O)(=O)C2)c(C)c1NC(=O)c1cc(Cl)c2c(c1)OCCO2. The Morgan fingerprint density at radius 2 is 2.04 bits per heavy atom. The van der Waals surface area contributed by atoms with Gasteiger partial charge in [0.2, 0.25) is 0 Å². The molecule has 1 atom stereocenters. The maximum absolute atomic E-state index is 12.8. The Balaban J connectivity index is 1.60. The molecule has 10 heteroatoms. The van der Waals surface area contributed by atoms with E-state index >= 15 is 0 Å². The Hall–Kier alpha value is -2.26. The van der Waals surface area contributed by atoms with Crippen LogP contribution in [0.1, 0.15) is 34.2 Å². The van der Waals surface area contributed by atoms with E-state index in [4.69, 9.17) is 21.1 Å². The van der Waals surface area contributed by atoms with Gasteiger partial charge in [0.25, 0.3) is 5.91 Å². The Labute approximate surface area is 167 Å². The number of sulfone groups is 1. The van der Waals surface area contributed by atoms with Crippen molar-refractivity contribution < 1.29 is 22.7 Å². The quantitative estimate of drug-likeness (QED) is 0.811. The highest BCUT2D eigenvalue weighted by Gasteiger charge is 2.32. The number of halogens is 1. The standard InChI is InChI=1S/C18H20ClN3O5S/c1-10-16(11(2)22(21-10)13-3-6-28(24,25)9-13)20-18(23)12-7-14(19)17-15(8-12)26-4-5-27-17/h7-8,13H,3-6,9H2,1-2H3,(H,20,23). The largest absolute Gasteiger partial charge is 0.486 e. The average molecular weight is 426 g/mol. The second kappa shape index (κ2) is 6.97. The minimum atomic E-state index is -3.03. The van der Waals surface area contributed by atoms with E-state index < -0.39 is 9.84 Å². The van der Waals surface area contributed by atoms with Gasteiger partial charge >= 0.3 is 0 Å². The molecule has 0 bridgehead atoms. The number of benzene rings is 1. The number of nitrogens with one attached hydrogen (secondary N) is 1. The van der Waals surface area contributed by atoms with E-state index in [9.17, 15) is 13.2 Å². The maximum Gasteiger partial charge on any atom is 0.255 e. The van der Waals surface area contributed by atoms with Crippen molar-refractivity contribution in [2.75, 3.05) is 30.0 Å².